The minimum atomic E-state index is -3.69. The maximum Gasteiger partial charge on any atom is 0.293 e. The molecule has 2 aromatic carbocycles. The average Bonchev–Trinajstić information content (AvgIpc) is 3.18. The third-order valence-electron chi connectivity index (χ3n) is 4.93. The van der Waals surface area contributed by atoms with Crippen LogP contribution >= 0.6 is 0 Å². The fourth-order valence-electron chi connectivity index (χ4n) is 3.34. The Morgan fingerprint density at radius 2 is 1.81 bits per heavy atom. The molecule has 144 valence electrons. The van der Waals surface area contributed by atoms with Gasteiger partial charge in [-0.2, -0.15) is 4.31 Å². The van der Waals surface area contributed by atoms with E-state index in [2.05, 4.69) is 0 Å². The smallest absolute Gasteiger partial charge is 0.293 e. The van der Waals surface area contributed by atoms with Gasteiger partial charge < -0.3 is 4.90 Å². The van der Waals surface area contributed by atoms with Crippen molar-refractivity contribution >= 4 is 21.4 Å². The lowest BCUT2D eigenvalue weighted by Gasteiger charge is -2.21. The first-order valence-electron chi connectivity index (χ1n) is 8.85. The first kappa shape index (κ1) is 19.3. The summed E-state index contributed by atoms with van der Waals surface area (Å²) in [5.41, 5.74) is 2.35. The van der Waals surface area contributed by atoms with Gasteiger partial charge in [0.1, 0.15) is 5.69 Å². The molecule has 27 heavy (non-hydrogen) atoms. The zero-order chi connectivity index (χ0) is 19.6. The summed E-state index contributed by atoms with van der Waals surface area (Å²) in [4.78, 5) is 12.8. The van der Waals surface area contributed by atoms with Crippen molar-refractivity contribution in [1.29, 1.82) is 0 Å². The normalized spacial score (nSPS) is 15.0. The summed E-state index contributed by atoms with van der Waals surface area (Å²) in [5, 5.41) is 11.6. The first-order valence-corrected chi connectivity index (χ1v) is 10.3. The summed E-state index contributed by atoms with van der Waals surface area (Å²) in [7, 11) is -1.93. The second-order valence-electron chi connectivity index (χ2n) is 6.80. The third-order valence-corrected chi connectivity index (χ3v) is 6.82. The Balaban J connectivity index is 1.94. The molecule has 1 saturated heterocycles. The van der Waals surface area contributed by atoms with Crippen molar-refractivity contribution in [3.8, 4) is 0 Å². The van der Waals surface area contributed by atoms with E-state index in [1.54, 1.807) is 11.9 Å². The van der Waals surface area contributed by atoms with Gasteiger partial charge in [0.15, 0.2) is 0 Å². The fourth-order valence-corrected chi connectivity index (χ4v) is 4.88. The van der Waals surface area contributed by atoms with Crippen LogP contribution < -0.4 is 4.90 Å². The minimum Gasteiger partial charge on any atom is -0.365 e. The lowest BCUT2D eigenvalue weighted by atomic mass is 10.1. The van der Waals surface area contributed by atoms with Gasteiger partial charge in [-0.25, -0.2) is 8.42 Å². The van der Waals surface area contributed by atoms with Crippen molar-refractivity contribution in [2.75, 3.05) is 25.0 Å². The number of nitrogens with zero attached hydrogens (tertiary/aromatic N) is 3. The van der Waals surface area contributed by atoms with Crippen LogP contribution in [0.25, 0.3) is 0 Å². The lowest BCUT2D eigenvalue weighted by Crippen LogP contribution is -2.28. The van der Waals surface area contributed by atoms with Gasteiger partial charge in [0, 0.05) is 32.7 Å². The van der Waals surface area contributed by atoms with E-state index in [9.17, 15) is 18.5 Å². The van der Waals surface area contributed by atoms with E-state index in [0.29, 0.717) is 25.3 Å². The van der Waals surface area contributed by atoms with Crippen LogP contribution in [0.3, 0.4) is 0 Å². The molecule has 0 aliphatic carbocycles. The number of hydrogen-bond donors (Lipinski definition) is 0. The van der Waals surface area contributed by atoms with Crippen LogP contribution in [0.5, 0.6) is 0 Å². The highest BCUT2D eigenvalue weighted by Crippen LogP contribution is 2.33. The summed E-state index contributed by atoms with van der Waals surface area (Å²) in [6.45, 7) is 3.41. The Morgan fingerprint density at radius 3 is 2.44 bits per heavy atom. The van der Waals surface area contributed by atoms with Gasteiger partial charge in [-0.15, -0.1) is 0 Å². The number of hydrogen-bond acceptors (Lipinski definition) is 5. The van der Waals surface area contributed by atoms with Gasteiger partial charge in [-0.05, 0) is 43.0 Å². The maximum absolute atomic E-state index is 12.7. The summed E-state index contributed by atoms with van der Waals surface area (Å²) in [6.07, 6.45) is 1.64. The van der Waals surface area contributed by atoms with Gasteiger partial charge >= 0.3 is 0 Å². The summed E-state index contributed by atoms with van der Waals surface area (Å²) in [6, 6.07) is 12.0. The number of benzene rings is 2. The second-order valence-corrected chi connectivity index (χ2v) is 8.74. The SMILES string of the molecule is Cc1ccccc1CN(C)c1ccc(S(=O)(=O)N2CCCC2)cc1[N+](=O)[O-]. The topological polar surface area (TPSA) is 83.8 Å². The van der Waals surface area contributed by atoms with E-state index < -0.39 is 14.9 Å². The molecule has 0 saturated carbocycles. The molecule has 1 aliphatic rings. The van der Waals surface area contributed by atoms with Gasteiger partial charge in [-0.3, -0.25) is 10.1 Å². The zero-order valence-corrected chi connectivity index (χ0v) is 16.3. The van der Waals surface area contributed by atoms with Crippen molar-refractivity contribution in [3.05, 3.63) is 63.7 Å². The van der Waals surface area contributed by atoms with E-state index >= 15 is 0 Å². The number of rotatable bonds is 6. The van der Waals surface area contributed by atoms with Crippen LogP contribution in [-0.2, 0) is 16.6 Å². The van der Waals surface area contributed by atoms with Gasteiger partial charge in [0.05, 0.1) is 9.82 Å². The highest BCUT2D eigenvalue weighted by Gasteiger charge is 2.30. The van der Waals surface area contributed by atoms with Crippen LogP contribution in [0.2, 0.25) is 0 Å². The molecule has 2 aromatic rings. The predicted molar refractivity (Wildman–Crippen MR) is 104 cm³/mol. The third kappa shape index (κ3) is 3.96. The Kier molecular flexibility index (Phi) is 5.48. The van der Waals surface area contributed by atoms with Crippen molar-refractivity contribution in [2.24, 2.45) is 0 Å². The Labute approximate surface area is 159 Å². The van der Waals surface area contributed by atoms with E-state index in [1.807, 2.05) is 31.2 Å². The van der Waals surface area contributed by atoms with Crippen LogP contribution in [0, 0.1) is 17.0 Å². The van der Waals surface area contributed by atoms with Gasteiger partial charge in [0.25, 0.3) is 5.69 Å². The van der Waals surface area contributed by atoms with Crippen molar-refractivity contribution in [3.63, 3.8) is 0 Å². The molecule has 0 aromatic heterocycles. The summed E-state index contributed by atoms with van der Waals surface area (Å²) >= 11 is 0. The molecule has 0 N–H and O–H groups in total. The molecule has 0 bridgehead atoms. The minimum absolute atomic E-state index is 0.0239. The quantitative estimate of drug-likeness (QED) is 0.559. The number of aryl methyl sites for hydroxylation is 1. The van der Waals surface area contributed by atoms with Gasteiger partial charge in [0.2, 0.25) is 10.0 Å². The molecule has 0 amide bonds. The predicted octanol–water partition coefficient (Wildman–Crippen LogP) is 3.32. The zero-order valence-electron chi connectivity index (χ0n) is 15.5. The monoisotopic (exact) mass is 389 g/mol. The molecule has 0 radical (unpaired) electrons. The molecule has 3 rings (SSSR count). The first-order chi connectivity index (χ1) is 12.8. The average molecular weight is 389 g/mol. The van der Waals surface area contributed by atoms with Crippen molar-refractivity contribution in [1.82, 2.24) is 4.31 Å². The fraction of sp³-hybridized carbons (Fsp3) is 0.368. The molecular weight excluding hydrogens is 366 g/mol. The number of anilines is 1. The Bertz CT molecular complexity index is 953. The molecule has 0 atom stereocenters. The van der Waals surface area contributed by atoms with Crippen molar-refractivity contribution < 1.29 is 13.3 Å². The van der Waals surface area contributed by atoms with E-state index in [4.69, 9.17) is 0 Å². The van der Waals surface area contributed by atoms with E-state index in [0.717, 1.165) is 24.0 Å². The Morgan fingerprint density at radius 1 is 1.15 bits per heavy atom. The molecule has 8 heteroatoms. The molecular formula is C19H23N3O4S. The van der Waals surface area contributed by atoms with Crippen LogP contribution in [0.4, 0.5) is 11.4 Å². The Hall–Kier alpha value is -2.45. The standard InChI is InChI=1S/C19H23N3O4S/c1-15-7-3-4-8-16(15)14-20(2)18-10-9-17(13-19(18)22(23)24)27(25,26)21-11-5-6-12-21/h3-4,7-10,13H,5-6,11-12,14H2,1-2H3. The van der Waals surface area contributed by atoms with Crippen LogP contribution in [-0.4, -0.2) is 37.8 Å². The number of nitro benzene ring substituents is 1. The van der Waals surface area contributed by atoms with Gasteiger partial charge in [-0.1, -0.05) is 24.3 Å². The summed E-state index contributed by atoms with van der Waals surface area (Å²) in [5.74, 6) is 0. The molecule has 1 heterocycles. The number of sulfonamides is 1. The van der Waals surface area contributed by atoms with Crippen molar-refractivity contribution in [2.45, 2.75) is 31.2 Å². The second kappa shape index (κ2) is 7.66. The van der Waals surface area contributed by atoms with E-state index in [-0.39, 0.29) is 10.6 Å². The highest BCUT2D eigenvalue weighted by molar-refractivity contribution is 7.89. The number of nitro groups is 1. The van der Waals surface area contributed by atoms with Crippen LogP contribution in [0.1, 0.15) is 24.0 Å². The molecule has 0 unspecified atom stereocenters. The highest BCUT2D eigenvalue weighted by atomic mass is 32.2. The summed E-state index contributed by atoms with van der Waals surface area (Å²) < 4.78 is 26.8. The molecule has 7 nitrogen and oxygen atoms in total. The molecule has 1 aliphatic heterocycles. The molecule has 0 spiro atoms. The van der Waals surface area contributed by atoms with E-state index in [1.165, 1.54) is 22.5 Å². The largest absolute Gasteiger partial charge is 0.365 e. The lowest BCUT2D eigenvalue weighted by molar-refractivity contribution is -0.384. The molecule has 1 fully saturated rings. The maximum atomic E-state index is 12.7. The van der Waals surface area contributed by atoms with Crippen LogP contribution in [0.15, 0.2) is 47.4 Å².